The maximum Gasteiger partial charge on any atom is 0.122 e. The lowest BCUT2D eigenvalue weighted by Crippen LogP contribution is -2.11. The summed E-state index contributed by atoms with van der Waals surface area (Å²) in [5.41, 5.74) is 16.7. The molecule has 0 heterocycles. The Morgan fingerprint density at radius 3 is 1.38 bits per heavy atom. The van der Waals surface area contributed by atoms with Crippen molar-refractivity contribution in [2.45, 2.75) is 0 Å². The third-order valence-corrected chi connectivity index (χ3v) is 3.90. The molecule has 0 atom stereocenters. The SMILES string of the molecule is N=C(N)c1cccc(-c2ccccc2-c2cccc(C(=N)N)c2)c1. The number of amidine groups is 2. The van der Waals surface area contributed by atoms with Crippen LogP contribution >= 0.6 is 0 Å². The average Bonchev–Trinajstić information content (AvgIpc) is 2.62. The predicted molar refractivity (Wildman–Crippen MR) is 99.3 cm³/mol. The van der Waals surface area contributed by atoms with Gasteiger partial charge in [0.2, 0.25) is 0 Å². The third-order valence-electron chi connectivity index (χ3n) is 3.90. The standard InChI is InChI=1S/C20H18N4/c21-19(22)15-7-3-5-13(11-15)17-9-1-2-10-18(17)14-6-4-8-16(12-14)20(23)24/h1-12H,(H3,21,22)(H3,23,24). The molecule has 0 amide bonds. The van der Waals surface area contributed by atoms with Crippen LogP contribution in [0.3, 0.4) is 0 Å². The molecule has 24 heavy (non-hydrogen) atoms. The van der Waals surface area contributed by atoms with Crippen LogP contribution < -0.4 is 11.5 Å². The first kappa shape index (κ1) is 15.5. The number of nitrogens with one attached hydrogen (secondary N) is 2. The minimum atomic E-state index is 0.0490. The largest absolute Gasteiger partial charge is 0.384 e. The number of rotatable bonds is 4. The van der Waals surface area contributed by atoms with Crippen LogP contribution in [0.1, 0.15) is 11.1 Å². The van der Waals surface area contributed by atoms with E-state index in [0.717, 1.165) is 22.3 Å². The van der Waals surface area contributed by atoms with E-state index in [1.807, 2.05) is 72.8 Å². The summed E-state index contributed by atoms with van der Waals surface area (Å²) in [5, 5.41) is 15.3. The van der Waals surface area contributed by atoms with Gasteiger partial charge < -0.3 is 11.5 Å². The summed E-state index contributed by atoms with van der Waals surface area (Å²) in [4.78, 5) is 0. The Bertz CT molecular complexity index is 852. The van der Waals surface area contributed by atoms with E-state index in [-0.39, 0.29) is 11.7 Å². The van der Waals surface area contributed by atoms with Gasteiger partial charge in [-0.05, 0) is 34.4 Å². The summed E-state index contributed by atoms with van der Waals surface area (Å²) >= 11 is 0. The van der Waals surface area contributed by atoms with Gasteiger partial charge in [0.15, 0.2) is 0 Å². The molecule has 3 aromatic rings. The lowest BCUT2D eigenvalue weighted by molar-refractivity contribution is 1.42. The minimum absolute atomic E-state index is 0.0490. The minimum Gasteiger partial charge on any atom is -0.384 e. The smallest absolute Gasteiger partial charge is 0.122 e. The molecule has 0 bridgehead atoms. The first-order valence-electron chi connectivity index (χ1n) is 7.55. The highest BCUT2D eigenvalue weighted by Crippen LogP contribution is 2.32. The van der Waals surface area contributed by atoms with Crippen molar-refractivity contribution in [2.75, 3.05) is 0 Å². The van der Waals surface area contributed by atoms with Gasteiger partial charge in [-0.3, -0.25) is 10.8 Å². The molecule has 0 saturated carbocycles. The first-order chi connectivity index (χ1) is 11.6. The van der Waals surface area contributed by atoms with Crippen molar-refractivity contribution in [3.63, 3.8) is 0 Å². The van der Waals surface area contributed by atoms with Gasteiger partial charge >= 0.3 is 0 Å². The maximum atomic E-state index is 7.63. The van der Waals surface area contributed by atoms with Crippen LogP contribution in [0.4, 0.5) is 0 Å². The van der Waals surface area contributed by atoms with Gasteiger partial charge in [-0.15, -0.1) is 0 Å². The maximum absolute atomic E-state index is 7.63. The molecule has 0 spiro atoms. The van der Waals surface area contributed by atoms with Gasteiger partial charge in [0.1, 0.15) is 11.7 Å². The van der Waals surface area contributed by atoms with Gasteiger partial charge in [-0.2, -0.15) is 0 Å². The summed E-state index contributed by atoms with van der Waals surface area (Å²) in [5.74, 6) is 0.0980. The van der Waals surface area contributed by atoms with Gasteiger partial charge in [0.25, 0.3) is 0 Å². The number of benzene rings is 3. The Morgan fingerprint density at radius 2 is 1.00 bits per heavy atom. The zero-order valence-corrected chi connectivity index (χ0v) is 13.1. The van der Waals surface area contributed by atoms with Gasteiger partial charge in [0.05, 0.1) is 0 Å². The Kier molecular flexibility index (Phi) is 4.12. The van der Waals surface area contributed by atoms with Crippen LogP contribution in [0.2, 0.25) is 0 Å². The van der Waals surface area contributed by atoms with Crippen molar-refractivity contribution in [2.24, 2.45) is 11.5 Å². The summed E-state index contributed by atoms with van der Waals surface area (Å²) in [6.45, 7) is 0. The van der Waals surface area contributed by atoms with E-state index >= 15 is 0 Å². The molecule has 3 aromatic carbocycles. The van der Waals surface area contributed by atoms with E-state index in [2.05, 4.69) is 0 Å². The number of hydrogen-bond donors (Lipinski definition) is 4. The zero-order valence-electron chi connectivity index (χ0n) is 13.1. The van der Waals surface area contributed by atoms with Crippen LogP contribution in [0, 0.1) is 10.8 Å². The molecule has 3 rings (SSSR count). The molecular formula is C20H18N4. The molecule has 0 unspecified atom stereocenters. The second-order valence-corrected chi connectivity index (χ2v) is 5.53. The molecule has 0 radical (unpaired) electrons. The topological polar surface area (TPSA) is 99.7 Å². The Hall–Kier alpha value is -3.40. The fourth-order valence-electron chi connectivity index (χ4n) is 2.70. The second kappa shape index (κ2) is 6.38. The third kappa shape index (κ3) is 3.03. The highest BCUT2D eigenvalue weighted by molar-refractivity contribution is 5.98. The van der Waals surface area contributed by atoms with Crippen LogP contribution in [-0.2, 0) is 0 Å². The van der Waals surface area contributed by atoms with Gasteiger partial charge in [-0.1, -0.05) is 60.7 Å². The summed E-state index contributed by atoms with van der Waals surface area (Å²) < 4.78 is 0. The highest BCUT2D eigenvalue weighted by atomic mass is 14.7. The Morgan fingerprint density at radius 1 is 0.583 bits per heavy atom. The molecule has 0 aliphatic rings. The summed E-state index contributed by atoms with van der Waals surface area (Å²) in [7, 11) is 0. The van der Waals surface area contributed by atoms with Crippen molar-refractivity contribution in [3.05, 3.63) is 83.9 Å². The number of hydrogen-bond acceptors (Lipinski definition) is 2. The van der Waals surface area contributed by atoms with Crippen molar-refractivity contribution in [1.29, 1.82) is 10.8 Å². The van der Waals surface area contributed by atoms with E-state index in [4.69, 9.17) is 22.3 Å². The van der Waals surface area contributed by atoms with Crippen LogP contribution in [0.15, 0.2) is 72.8 Å². The lowest BCUT2D eigenvalue weighted by atomic mass is 9.93. The van der Waals surface area contributed by atoms with Gasteiger partial charge in [0, 0.05) is 11.1 Å². The lowest BCUT2D eigenvalue weighted by Gasteiger charge is -2.12. The molecule has 0 saturated heterocycles. The molecule has 4 nitrogen and oxygen atoms in total. The molecule has 0 fully saturated rings. The monoisotopic (exact) mass is 314 g/mol. The summed E-state index contributed by atoms with van der Waals surface area (Å²) in [6.07, 6.45) is 0. The van der Waals surface area contributed by atoms with E-state index in [0.29, 0.717) is 11.1 Å². The Labute approximate surface area is 140 Å². The molecule has 118 valence electrons. The Balaban J connectivity index is 2.16. The molecular weight excluding hydrogens is 296 g/mol. The van der Waals surface area contributed by atoms with E-state index in [9.17, 15) is 0 Å². The molecule has 4 heteroatoms. The van der Waals surface area contributed by atoms with Crippen molar-refractivity contribution < 1.29 is 0 Å². The first-order valence-corrected chi connectivity index (χ1v) is 7.55. The highest BCUT2D eigenvalue weighted by Gasteiger charge is 2.09. The fourth-order valence-corrected chi connectivity index (χ4v) is 2.70. The molecule has 0 aliphatic carbocycles. The van der Waals surface area contributed by atoms with Crippen molar-refractivity contribution in [3.8, 4) is 22.3 Å². The van der Waals surface area contributed by atoms with E-state index in [1.54, 1.807) is 0 Å². The zero-order chi connectivity index (χ0) is 17.1. The quantitative estimate of drug-likeness (QED) is 0.437. The number of nitrogen functional groups attached to an aromatic ring is 2. The number of nitrogens with two attached hydrogens (primary N) is 2. The van der Waals surface area contributed by atoms with Crippen LogP contribution in [0.5, 0.6) is 0 Å². The normalized spacial score (nSPS) is 10.3. The molecule has 6 N–H and O–H groups in total. The van der Waals surface area contributed by atoms with Crippen LogP contribution in [-0.4, -0.2) is 11.7 Å². The van der Waals surface area contributed by atoms with E-state index in [1.165, 1.54) is 0 Å². The van der Waals surface area contributed by atoms with Crippen LogP contribution in [0.25, 0.3) is 22.3 Å². The van der Waals surface area contributed by atoms with E-state index < -0.39 is 0 Å². The summed E-state index contributed by atoms with van der Waals surface area (Å²) in [6, 6.07) is 23.3. The second-order valence-electron chi connectivity index (χ2n) is 5.53. The average molecular weight is 314 g/mol. The predicted octanol–water partition coefficient (Wildman–Crippen LogP) is 3.59. The molecule has 0 aromatic heterocycles. The van der Waals surface area contributed by atoms with Gasteiger partial charge in [-0.25, -0.2) is 0 Å². The molecule has 0 aliphatic heterocycles. The van der Waals surface area contributed by atoms with Crippen molar-refractivity contribution >= 4 is 11.7 Å². The fraction of sp³-hybridized carbons (Fsp3) is 0. The van der Waals surface area contributed by atoms with Crippen molar-refractivity contribution in [1.82, 2.24) is 0 Å².